The molecule has 0 unspecified atom stereocenters. The van der Waals surface area contributed by atoms with Crippen LogP contribution in [0, 0.1) is 4.91 Å². The average molecular weight is 492 g/mol. The Bertz CT molecular complexity index is 915. The predicted octanol–water partition coefficient (Wildman–Crippen LogP) is 4.35. The van der Waals surface area contributed by atoms with Crippen LogP contribution in [-0.4, -0.2) is 35.7 Å². The van der Waals surface area contributed by atoms with Gasteiger partial charge in [0.1, 0.15) is 11.3 Å². The summed E-state index contributed by atoms with van der Waals surface area (Å²) in [5.74, 6) is -0.380. The van der Waals surface area contributed by atoms with Crippen molar-refractivity contribution in [3.63, 3.8) is 0 Å². The van der Waals surface area contributed by atoms with E-state index in [9.17, 15) is 14.5 Å². The molecule has 0 bridgehead atoms. The van der Waals surface area contributed by atoms with Gasteiger partial charge in [0.15, 0.2) is 0 Å². The van der Waals surface area contributed by atoms with E-state index >= 15 is 0 Å². The van der Waals surface area contributed by atoms with E-state index in [1.54, 1.807) is 26.8 Å². The Balaban J connectivity index is 1.98. The Morgan fingerprint density at radius 3 is 2.52 bits per heavy atom. The first-order chi connectivity index (χ1) is 14.6. The highest BCUT2D eigenvalue weighted by Gasteiger charge is 2.17. The molecule has 2 amide bonds. The van der Waals surface area contributed by atoms with Crippen LogP contribution in [-0.2, 0) is 4.74 Å². The van der Waals surface area contributed by atoms with E-state index in [0.29, 0.717) is 5.69 Å². The van der Waals surface area contributed by atoms with Gasteiger partial charge < -0.3 is 15.4 Å². The number of anilines is 1. The maximum Gasteiger partial charge on any atom is 0.407 e. The number of benzene rings is 1. The average Bonchev–Trinajstić information content (AvgIpc) is 2.70. The van der Waals surface area contributed by atoms with Gasteiger partial charge in [-0.05, 0) is 57.5 Å². The molecule has 1 heterocycles. The number of carbonyl (C=O) groups is 2. The molecule has 2 rings (SSSR count). The fourth-order valence-corrected chi connectivity index (χ4v) is 2.87. The monoisotopic (exact) mass is 491 g/mol. The lowest BCUT2D eigenvalue weighted by Gasteiger charge is -2.21. The van der Waals surface area contributed by atoms with Gasteiger partial charge in [-0.3, -0.25) is 9.78 Å². The Labute approximate surface area is 189 Å². The van der Waals surface area contributed by atoms with E-state index in [1.165, 1.54) is 12.3 Å². The van der Waals surface area contributed by atoms with Crippen molar-refractivity contribution in [3.8, 4) is 0 Å². The molecule has 1 aromatic heterocycles. The summed E-state index contributed by atoms with van der Waals surface area (Å²) in [4.78, 5) is 39.7. The first kappa shape index (κ1) is 24.3. The topological polar surface area (TPSA) is 113 Å². The highest BCUT2D eigenvalue weighted by molar-refractivity contribution is 9.10. The predicted molar refractivity (Wildman–Crippen MR) is 122 cm³/mol. The van der Waals surface area contributed by atoms with Crippen LogP contribution in [0.15, 0.2) is 52.4 Å². The third kappa shape index (κ3) is 7.97. The number of ether oxygens (including phenoxy) is 1. The van der Waals surface area contributed by atoms with Crippen LogP contribution in [0.4, 0.5) is 10.5 Å². The van der Waals surface area contributed by atoms with Crippen LogP contribution in [0.1, 0.15) is 49.8 Å². The Hall–Kier alpha value is -3.01. The lowest BCUT2D eigenvalue weighted by atomic mass is 10.1. The molecule has 166 valence electrons. The number of nitrogens with one attached hydrogen (secondary N) is 2. The summed E-state index contributed by atoms with van der Waals surface area (Å²) >= 11 is 3.38. The molecule has 2 N–H and O–H groups in total. The summed E-state index contributed by atoms with van der Waals surface area (Å²) in [6.07, 6.45) is 0.837. The molecule has 0 spiro atoms. The van der Waals surface area contributed by atoms with Crippen LogP contribution in [0.2, 0.25) is 0 Å². The van der Waals surface area contributed by atoms with E-state index < -0.39 is 11.7 Å². The standard InChI is InChI=1S/C21H26BrN5O4/c1-14(15-5-7-16(22)8-6-15)25-19(28)18-13-17(9-10-23-18)27(26-30)12-11-24-20(29)31-21(2,3)4/h5-10,13-14H,11-12H2,1-4H3,(H,24,29)(H,25,28)/t14-/m1/s1. The Kier molecular flexibility index (Phi) is 8.49. The van der Waals surface area contributed by atoms with Gasteiger partial charge in [-0.25, -0.2) is 9.80 Å². The van der Waals surface area contributed by atoms with E-state index in [1.807, 2.05) is 31.2 Å². The quantitative estimate of drug-likeness (QED) is 0.419. The van der Waals surface area contributed by atoms with Crippen molar-refractivity contribution >= 4 is 33.6 Å². The molecule has 0 aliphatic heterocycles. The van der Waals surface area contributed by atoms with Crippen molar-refractivity contribution in [1.29, 1.82) is 0 Å². The maximum atomic E-state index is 12.6. The highest BCUT2D eigenvalue weighted by atomic mass is 79.9. The third-order valence-corrected chi connectivity index (χ3v) is 4.61. The molecular formula is C21H26BrN5O4. The molecule has 0 fully saturated rings. The Morgan fingerprint density at radius 1 is 1.23 bits per heavy atom. The molecule has 2 aromatic rings. The highest BCUT2D eigenvalue weighted by Crippen LogP contribution is 2.18. The van der Waals surface area contributed by atoms with Crippen molar-refractivity contribution in [3.05, 3.63) is 63.2 Å². The minimum Gasteiger partial charge on any atom is -0.444 e. The number of alkyl carbamates (subject to hydrolysis) is 1. The minimum atomic E-state index is -0.618. The summed E-state index contributed by atoms with van der Waals surface area (Å²) in [5, 5.41) is 9.54. The number of nitrogens with zero attached hydrogens (tertiary/aromatic N) is 3. The zero-order valence-electron chi connectivity index (χ0n) is 17.9. The van der Waals surface area contributed by atoms with Crippen LogP contribution >= 0.6 is 15.9 Å². The fraction of sp³-hybridized carbons (Fsp3) is 0.381. The normalized spacial score (nSPS) is 11.9. The second-order valence-electron chi connectivity index (χ2n) is 7.78. The van der Waals surface area contributed by atoms with E-state index in [-0.39, 0.29) is 30.7 Å². The molecule has 0 saturated carbocycles. The Morgan fingerprint density at radius 2 is 1.90 bits per heavy atom. The zero-order valence-corrected chi connectivity index (χ0v) is 19.5. The number of hydrogen-bond donors (Lipinski definition) is 2. The van der Waals surface area contributed by atoms with Gasteiger partial charge in [0.05, 0.1) is 23.6 Å². The molecule has 31 heavy (non-hydrogen) atoms. The molecule has 1 aromatic carbocycles. The van der Waals surface area contributed by atoms with E-state index in [2.05, 4.69) is 36.8 Å². The summed E-state index contributed by atoms with van der Waals surface area (Å²) in [7, 11) is 0. The number of pyridine rings is 1. The zero-order chi connectivity index (χ0) is 23.0. The second-order valence-corrected chi connectivity index (χ2v) is 8.70. The van der Waals surface area contributed by atoms with Gasteiger partial charge >= 0.3 is 6.09 Å². The summed E-state index contributed by atoms with van der Waals surface area (Å²) < 4.78 is 6.10. The first-order valence-corrected chi connectivity index (χ1v) is 10.5. The van der Waals surface area contributed by atoms with E-state index in [0.717, 1.165) is 15.0 Å². The number of amides is 2. The summed E-state index contributed by atoms with van der Waals surface area (Å²) in [6, 6.07) is 10.4. The largest absolute Gasteiger partial charge is 0.444 e. The molecule has 9 nitrogen and oxygen atoms in total. The van der Waals surface area contributed by atoms with E-state index in [4.69, 9.17) is 4.74 Å². The van der Waals surface area contributed by atoms with Crippen molar-refractivity contribution in [2.75, 3.05) is 18.1 Å². The van der Waals surface area contributed by atoms with Gasteiger partial charge in [-0.15, -0.1) is 4.91 Å². The van der Waals surface area contributed by atoms with Crippen molar-refractivity contribution < 1.29 is 14.3 Å². The van der Waals surface area contributed by atoms with Gasteiger partial charge in [0.25, 0.3) is 5.91 Å². The number of halogens is 1. The summed E-state index contributed by atoms with van der Waals surface area (Å²) in [5.41, 5.74) is 0.859. The van der Waals surface area contributed by atoms with Crippen LogP contribution in [0.5, 0.6) is 0 Å². The first-order valence-electron chi connectivity index (χ1n) is 9.69. The molecule has 0 radical (unpaired) electrons. The number of hydrogen-bond acceptors (Lipinski definition) is 6. The fourth-order valence-electron chi connectivity index (χ4n) is 2.60. The molecular weight excluding hydrogens is 466 g/mol. The van der Waals surface area contributed by atoms with Crippen molar-refractivity contribution in [1.82, 2.24) is 15.6 Å². The lowest BCUT2D eigenvalue weighted by Crippen LogP contribution is -2.36. The number of carbonyl (C=O) groups excluding carboxylic acids is 2. The smallest absolute Gasteiger partial charge is 0.407 e. The van der Waals surface area contributed by atoms with Crippen molar-refractivity contribution in [2.24, 2.45) is 5.29 Å². The van der Waals surface area contributed by atoms with Gasteiger partial charge in [0.2, 0.25) is 0 Å². The SMILES string of the molecule is C[C@@H](NC(=O)c1cc(N(CCNC(=O)OC(C)(C)C)N=O)ccn1)c1ccc(Br)cc1. The molecule has 10 heteroatoms. The van der Waals surface area contributed by atoms with Crippen LogP contribution in [0.3, 0.4) is 0 Å². The number of aromatic nitrogens is 1. The second kappa shape index (κ2) is 10.9. The number of rotatable bonds is 8. The molecule has 1 atom stereocenters. The van der Waals surface area contributed by atoms with Gasteiger partial charge in [0, 0.05) is 17.2 Å². The summed E-state index contributed by atoms with van der Waals surface area (Å²) in [6.45, 7) is 7.37. The minimum absolute atomic E-state index is 0.100. The molecule has 0 saturated heterocycles. The maximum absolute atomic E-state index is 12.6. The van der Waals surface area contributed by atoms with Gasteiger partial charge in [-0.1, -0.05) is 28.1 Å². The van der Waals surface area contributed by atoms with Crippen LogP contribution in [0.25, 0.3) is 0 Å². The van der Waals surface area contributed by atoms with Crippen LogP contribution < -0.4 is 15.6 Å². The molecule has 0 aliphatic carbocycles. The lowest BCUT2D eigenvalue weighted by molar-refractivity contribution is 0.0529. The van der Waals surface area contributed by atoms with Gasteiger partial charge in [-0.2, -0.15) is 0 Å². The number of nitroso groups, excluding NO2 is 1. The molecule has 0 aliphatic rings. The van der Waals surface area contributed by atoms with Crippen molar-refractivity contribution in [2.45, 2.75) is 39.3 Å². The third-order valence-electron chi connectivity index (χ3n) is 4.08.